The second-order valence-corrected chi connectivity index (χ2v) is 5.83. The summed E-state index contributed by atoms with van der Waals surface area (Å²) in [6.07, 6.45) is 5.67. The Morgan fingerprint density at radius 2 is 1.90 bits per heavy atom. The molecule has 3 heterocycles. The van der Waals surface area contributed by atoms with Crippen LogP contribution in [0.2, 0.25) is 0 Å². The molecule has 0 aliphatic carbocycles. The van der Waals surface area contributed by atoms with Crippen molar-refractivity contribution in [3.05, 3.63) is 47.3 Å². The van der Waals surface area contributed by atoms with E-state index in [0.717, 1.165) is 34.4 Å². The van der Waals surface area contributed by atoms with E-state index in [1.165, 1.54) is 0 Å². The van der Waals surface area contributed by atoms with Crippen LogP contribution in [0.4, 0.5) is 5.82 Å². The van der Waals surface area contributed by atoms with E-state index >= 15 is 0 Å². The van der Waals surface area contributed by atoms with Crippen molar-refractivity contribution in [1.82, 2.24) is 19.7 Å². The van der Waals surface area contributed by atoms with Crippen molar-refractivity contribution in [2.75, 3.05) is 18.0 Å². The first-order valence-electron chi connectivity index (χ1n) is 6.46. The SMILES string of the molecule is Brc1cnn(C2CN(c3cnc4ccccc4n3)C2)c1. The molecule has 0 radical (unpaired) electrons. The molecule has 0 saturated carbocycles. The number of benzene rings is 1. The van der Waals surface area contributed by atoms with Gasteiger partial charge in [-0.1, -0.05) is 12.1 Å². The molecule has 1 fully saturated rings. The van der Waals surface area contributed by atoms with Crippen LogP contribution in [0.3, 0.4) is 0 Å². The van der Waals surface area contributed by atoms with Crippen LogP contribution < -0.4 is 4.90 Å². The van der Waals surface area contributed by atoms with Gasteiger partial charge in [0.1, 0.15) is 5.82 Å². The second-order valence-electron chi connectivity index (χ2n) is 4.91. The Balaban J connectivity index is 1.54. The zero-order valence-corrected chi connectivity index (χ0v) is 12.2. The van der Waals surface area contributed by atoms with E-state index in [-0.39, 0.29) is 0 Å². The van der Waals surface area contributed by atoms with Crippen LogP contribution in [0.1, 0.15) is 6.04 Å². The fourth-order valence-corrected chi connectivity index (χ4v) is 2.73. The average molecular weight is 330 g/mol. The second kappa shape index (κ2) is 4.56. The minimum Gasteiger partial charge on any atom is -0.351 e. The van der Waals surface area contributed by atoms with E-state index in [1.54, 1.807) is 0 Å². The van der Waals surface area contributed by atoms with E-state index in [2.05, 4.69) is 35.9 Å². The Hall–Kier alpha value is -1.95. The zero-order chi connectivity index (χ0) is 13.5. The molecule has 3 aromatic rings. The molecule has 2 aromatic heterocycles. The minimum atomic E-state index is 0.412. The van der Waals surface area contributed by atoms with Gasteiger partial charge in [0.2, 0.25) is 0 Å². The molecule has 1 saturated heterocycles. The van der Waals surface area contributed by atoms with Crippen LogP contribution >= 0.6 is 15.9 Å². The van der Waals surface area contributed by atoms with Gasteiger partial charge in [0.15, 0.2) is 0 Å². The van der Waals surface area contributed by atoms with E-state index < -0.39 is 0 Å². The molecule has 0 bridgehead atoms. The third-order valence-electron chi connectivity index (χ3n) is 3.57. The largest absolute Gasteiger partial charge is 0.351 e. The molecule has 0 atom stereocenters. The molecule has 1 aromatic carbocycles. The molecular weight excluding hydrogens is 318 g/mol. The molecule has 5 nitrogen and oxygen atoms in total. The Labute approximate surface area is 124 Å². The van der Waals surface area contributed by atoms with E-state index in [0.29, 0.717) is 6.04 Å². The Kier molecular flexibility index (Phi) is 2.70. The Morgan fingerprint density at radius 3 is 2.65 bits per heavy atom. The van der Waals surface area contributed by atoms with Gasteiger partial charge in [-0.15, -0.1) is 0 Å². The van der Waals surface area contributed by atoms with Gasteiger partial charge in [-0.05, 0) is 28.1 Å². The van der Waals surface area contributed by atoms with E-state index in [4.69, 9.17) is 0 Å². The van der Waals surface area contributed by atoms with Gasteiger partial charge in [-0.25, -0.2) is 4.98 Å². The summed E-state index contributed by atoms with van der Waals surface area (Å²) in [6, 6.07) is 8.35. The van der Waals surface area contributed by atoms with Gasteiger partial charge in [0.05, 0.1) is 33.9 Å². The number of fused-ring (bicyclic) bond motifs is 1. The fourth-order valence-electron chi connectivity index (χ4n) is 2.42. The lowest BCUT2D eigenvalue weighted by Gasteiger charge is -2.39. The maximum Gasteiger partial charge on any atom is 0.147 e. The summed E-state index contributed by atoms with van der Waals surface area (Å²) < 4.78 is 3.01. The van der Waals surface area contributed by atoms with Crippen LogP contribution in [0.5, 0.6) is 0 Å². The van der Waals surface area contributed by atoms with Crippen molar-refractivity contribution in [3.63, 3.8) is 0 Å². The molecule has 1 aliphatic rings. The number of rotatable bonds is 2. The van der Waals surface area contributed by atoms with Crippen LogP contribution in [0.25, 0.3) is 11.0 Å². The maximum absolute atomic E-state index is 4.66. The molecule has 4 rings (SSSR count). The van der Waals surface area contributed by atoms with Crippen molar-refractivity contribution in [1.29, 1.82) is 0 Å². The highest BCUT2D eigenvalue weighted by molar-refractivity contribution is 9.10. The molecule has 20 heavy (non-hydrogen) atoms. The van der Waals surface area contributed by atoms with Crippen LogP contribution in [-0.4, -0.2) is 32.8 Å². The predicted octanol–water partition coefficient (Wildman–Crippen LogP) is 2.65. The Bertz CT molecular complexity index is 763. The standard InChI is InChI=1S/C14H12BrN5/c15-10-5-17-20(7-10)11-8-19(9-11)14-6-16-12-3-1-2-4-13(12)18-14/h1-7,11H,8-9H2. The van der Waals surface area contributed by atoms with E-state index in [9.17, 15) is 0 Å². The lowest BCUT2D eigenvalue weighted by molar-refractivity contribution is 0.366. The average Bonchev–Trinajstić information content (AvgIpc) is 2.83. The van der Waals surface area contributed by atoms with Gasteiger partial charge in [0.25, 0.3) is 0 Å². The summed E-state index contributed by atoms with van der Waals surface area (Å²) in [7, 11) is 0. The maximum atomic E-state index is 4.66. The number of aromatic nitrogens is 4. The van der Waals surface area contributed by atoms with Gasteiger partial charge in [-0.2, -0.15) is 5.10 Å². The lowest BCUT2D eigenvalue weighted by Crippen LogP contribution is -2.48. The number of nitrogens with zero attached hydrogens (tertiary/aromatic N) is 5. The smallest absolute Gasteiger partial charge is 0.147 e. The topological polar surface area (TPSA) is 46.8 Å². The number of anilines is 1. The molecule has 100 valence electrons. The monoisotopic (exact) mass is 329 g/mol. The lowest BCUT2D eigenvalue weighted by atomic mass is 10.1. The highest BCUT2D eigenvalue weighted by Gasteiger charge is 2.30. The van der Waals surface area contributed by atoms with Crippen molar-refractivity contribution >= 4 is 32.8 Å². The summed E-state index contributed by atoms with van der Waals surface area (Å²) in [5.41, 5.74) is 1.87. The number of hydrogen-bond acceptors (Lipinski definition) is 4. The minimum absolute atomic E-state index is 0.412. The van der Waals surface area contributed by atoms with Crippen molar-refractivity contribution in [2.24, 2.45) is 0 Å². The highest BCUT2D eigenvalue weighted by atomic mass is 79.9. The highest BCUT2D eigenvalue weighted by Crippen LogP contribution is 2.27. The van der Waals surface area contributed by atoms with Crippen LogP contribution in [0.15, 0.2) is 47.3 Å². The summed E-state index contributed by atoms with van der Waals surface area (Å²) in [5.74, 6) is 0.936. The summed E-state index contributed by atoms with van der Waals surface area (Å²) in [5, 5.41) is 4.32. The first-order chi connectivity index (χ1) is 9.79. The zero-order valence-electron chi connectivity index (χ0n) is 10.6. The molecule has 6 heteroatoms. The summed E-state index contributed by atoms with van der Waals surface area (Å²) in [4.78, 5) is 11.3. The summed E-state index contributed by atoms with van der Waals surface area (Å²) in [6.45, 7) is 1.84. The van der Waals surface area contributed by atoms with E-state index in [1.807, 2.05) is 47.5 Å². The van der Waals surface area contributed by atoms with Gasteiger partial charge in [0, 0.05) is 19.3 Å². The third-order valence-corrected chi connectivity index (χ3v) is 3.98. The molecule has 0 amide bonds. The fraction of sp³-hybridized carbons (Fsp3) is 0.214. The first-order valence-corrected chi connectivity index (χ1v) is 7.25. The molecule has 0 N–H and O–H groups in total. The molecule has 1 aliphatic heterocycles. The normalized spacial score (nSPS) is 15.6. The van der Waals surface area contributed by atoms with Crippen molar-refractivity contribution in [3.8, 4) is 0 Å². The molecular formula is C14H12BrN5. The van der Waals surface area contributed by atoms with Gasteiger partial charge < -0.3 is 4.90 Å². The summed E-state index contributed by atoms with van der Waals surface area (Å²) >= 11 is 3.42. The number of hydrogen-bond donors (Lipinski definition) is 0. The predicted molar refractivity (Wildman–Crippen MR) is 80.7 cm³/mol. The van der Waals surface area contributed by atoms with Crippen molar-refractivity contribution < 1.29 is 0 Å². The van der Waals surface area contributed by atoms with Crippen LogP contribution in [-0.2, 0) is 0 Å². The van der Waals surface area contributed by atoms with Gasteiger partial charge >= 0.3 is 0 Å². The number of para-hydroxylation sites is 2. The number of halogens is 1. The van der Waals surface area contributed by atoms with Gasteiger partial charge in [-0.3, -0.25) is 9.67 Å². The third kappa shape index (κ3) is 1.96. The first kappa shape index (κ1) is 11.8. The van der Waals surface area contributed by atoms with Crippen molar-refractivity contribution in [2.45, 2.75) is 6.04 Å². The molecule has 0 spiro atoms. The van der Waals surface area contributed by atoms with Crippen LogP contribution in [0, 0.1) is 0 Å². The Morgan fingerprint density at radius 1 is 1.10 bits per heavy atom. The quantitative estimate of drug-likeness (QED) is 0.725. The molecule has 0 unspecified atom stereocenters.